The molecule has 0 radical (unpaired) electrons. The second kappa shape index (κ2) is 10.3. The van der Waals surface area contributed by atoms with Crippen LogP contribution in [0.15, 0.2) is 77.2 Å². The van der Waals surface area contributed by atoms with E-state index in [9.17, 15) is 9.90 Å². The van der Waals surface area contributed by atoms with Crippen LogP contribution < -0.4 is 0 Å². The van der Waals surface area contributed by atoms with Crippen LogP contribution >= 0.6 is 0 Å². The molecule has 29 heavy (non-hydrogen) atoms. The van der Waals surface area contributed by atoms with Gasteiger partial charge in [-0.2, -0.15) is 0 Å². The van der Waals surface area contributed by atoms with Crippen LogP contribution in [0.5, 0.6) is 5.75 Å². The zero-order valence-electron chi connectivity index (χ0n) is 17.7. The Balaban J connectivity index is 0.000000707. The Labute approximate surface area is 172 Å². The lowest BCUT2D eigenvalue weighted by Gasteiger charge is -2.04. The van der Waals surface area contributed by atoms with Crippen molar-refractivity contribution in [3.63, 3.8) is 0 Å². The highest BCUT2D eigenvalue weighted by Crippen LogP contribution is 2.35. The fourth-order valence-electron chi connectivity index (χ4n) is 2.94. The molecule has 1 heterocycles. The predicted octanol–water partition coefficient (Wildman–Crippen LogP) is 7.40. The number of para-hydroxylation sites is 1. The van der Waals surface area contributed by atoms with Crippen molar-refractivity contribution in [2.24, 2.45) is 0 Å². The summed E-state index contributed by atoms with van der Waals surface area (Å²) in [6, 6.07) is 21.7. The van der Waals surface area contributed by atoms with Crippen LogP contribution in [0.4, 0.5) is 0 Å². The number of benzene rings is 3. The summed E-state index contributed by atoms with van der Waals surface area (Å²) in [6.07, 6.45) is 0. The second-order valence-electron chi connectivity index (χ2n) is 6.04. The van der Waals surface area contributed by atoms with Crippen molar-refractivity contribution in [3.8, 4) is 17.1 Å². The topological polar surface area (TPSA) is 50.4 Å². The van der Waals surface area contributed by atoms with Crippen LogP contribution in [0.3, 0.4) is 0 Å². The summed E-state index contributed by atoms with van der Waals surface area (Å²) in [5, 5.41) is 10.3. The van der Waals surface area contributed by atoms with Gasteiger partial charge in [0.25, 0.3) is 0 Å². The highest BCUT2D eigenvalue weighted by molar-refractivity contribution is 6.19. The Morgan fingerprint density at radius 3 is 2.00 bits per heavy atom. The number of carbonyl (C=O) groups excluding carboxylic acids is 1. The average molecular weight is 389 g/mol. The molecular weight excluding hydrogens is 360 g/mol. The molecule has 3 nitrogen and oxygen atoms in total. The van der Waals surface area contributed by atoms with E-state index in [4.69, 9.17) is 4.42 Å². The molecule has 0 aliphatic rings. The number of carbonyl (C=O) groups is 1. The quantitative estimate of drug-likeness (QED) is 0.372. The number of fused-ring (bicyclic) bond motifs is 1. The van der Waals surface area contributed by atoms with Gasteiger partial charge in [0.2, 0.25) is 0 Å². The molecule has 1 aromatic heterocycles. The number of phenolic OH excluding ortho intramolecular Hbond substituents is 1. The number of furan rings is 1. The summed E-state index contributed by atoms with van der Waals surface area (Å²) in [4.78, 5) is 13.2. The zero-order chi connectivity index (χ0) is 21.4. The summed E-state index contributed by atoms with van der Waals surface area (Å²) in [5.41, 5.74) is 3.69. The normalized spacial score (nSPS) is 9.83. The molecule has 4 rings (SSSR count). The first kappa shape index (κ1) is 22.0. The van der Waals surface area contributed by atoms with Gasteiger partial charge in [-0.25, -0.2) is 0 Å². The van der Waals surface area contributed by atoms with Crippen molar-refractivity contribution in [2.45, 2.75) is 34.6 Å². The molecule has 150 valence electrons. The number of phenols is 1. The van der Waals surface area contributed by atoms with Gasteiger partial charge >= 0.3 is 0 Å². The molecule has 0 fully saturated rings. The van der Waals surface area contributed by atoms with E-state index in [1.165, 1.54) is 0 Å². The van der Waals surface area contributed by atoms with Crippen LogP contribution in [0, 0.1) is 6.92 Å². The molecule has 0 bridgehead atoms. The van der Waals surface area contributed by atoms with Crippen LogP contribution in [-0.2, 0) is 0 Å². The van der Waals surface area contributed by atoms with Crippen molar-refractivity contribution in [3.05, 3.63) is 89.5 Å². The molecule has 0 saturated heterocycles. The van der Waals surface area contributed by atoms with Crippen LogP contribution in [0.25, 0.3) is 22.3 Å². The highest BCUT2D eigenvalue weighted by atomic mass is 16.3. The van der Waals surface area contributed by atoms with Crippen LogP contribution in [0.2, 0.25) is 0 Å². The van der Waals surface area contributed by atoms with Crippen LogP contribution in [-0.4, -0.2) is 10.9 Å². The van der Waals surface area contributed by atoms with E-state index in [0.29, 0.717) is 22.5 Å². The third-order valence-electron chi connectivity index (χ3n) is 4.27. The molecule has 0 aliphatic heterocycles. The van der Waals surface area contributed by atoms with Gasteiger partial charge in [-0.05, 0) is 37.3 Å². The Kier molecular flexibility index (Phi) is 7.79. The monoisotopic (exact) mass is 388 g/mol. The zero-order valence-corrected chi connectivity index (χ0v) is 17.7. The van der Waals surface area contributed by atoms with E-state index < -0.39 is 0 Å². The SMILES string of the molecule is CC.CC.Cc1ccc(C(=O)c2c(-c3ccc(O)cc3)oc3ccccc23)cc1. The van der Waals surface area contributed by atoms with Crippen LogP contribution in [0.1, 0.15) is 49.2 Å². The molecule has 3 aromatic carbocycles. The summed E-state index contributed by atoms with van der Waals surface area (Å²) in [6.45, 7) is 9.99. The van der Waals surface area contributed by atoms with Gasteiger partial charge in [-0.3, -0.25) is 4.79 Å². The molecule has 4 aromatic rings. The third kappa shape index (κ3) is 4.75. The minimum Gasteiger partial charge on any atom is -0.508 e. The summed E-state index contributed by atoms with van der Waals surface area (Å²) in [5.74, 6) is 0.617. The number of aryl methyl sites for hydroxylation is 1. The maximum Gasteiger partial charge on any atom is 0.197 e. The van der Waals surface area contributed by atoms with Gasteiger partial charge in [-0.1, -0.05) is 75.7 Å². The number of hydrogen-bond donors (Lipinski definition) is 1. The lowest BCUT2D eigenvalue weighted by molar-refractivity contribution is 0.104. The Morgan fingerprint density at radius 1 is 0.793 bits per heavy atom. The molecular formula is C26H28O3. The van der Waals surface area contributed by atoms with Crippen molar-refractivity contribution < 1.29 is 14.3 Å². The number of hydrogen-bond acceptors (Lipinski definition) is 3. The molecule has 0 amide bonds. The smallest absolute Gasteiger partial charge is 0.197 e. The molecule has 0 aliphatic carbocycles. The Morgan fingerprint density at radius 2 is 1.38 bits per heavy atom. The fourth-order valence-corrected chi connectivity index (χ4v) is 2.94. The third-order valence-corrected chi connectivity index (χ3v) is 4.27. The molecule has 0 unspecified atom stereocenters. The first-order chi connectivity index (χ1) is 14.1. The largest absolute Gasteiger partial charge is 0.508 e. The van der Waals surface area contributed by atoms with Gasteiger partial charge in [0.1, 0.15) is 17.1 Å². The lowest BCUT2D eigenvalue weighted by Crippen LogP contribution is -2.02. The number of ketones is 1. The van der Waals surface area contributed by atoms with Gasteiger partial charge in [0, 0.05) is 16.5 Å². The van der Waals surface area contributed by atoms with E-state index in [1.54, 1.807) is 24.3 Å². The molecule has 1 N–H and O–H groups in total. The van der Waals surface area contributed by atoms with Gasteiger partial charge in [0.15, 0.2) is 5.78 Å². The Hall–Kier alpha value is -3.33. The fraction of sp³-hybridized carbons (Fsp3) is 0.192. The minimum absolute atomic E-state index is 0.0759. The minimum atomic E-state index is -0.0759. The van der Waals surface area contributed by atoms with Crippen molar-refractivity contribution in [1.82, 2.24) is 0 Å². The standard InChI is InChI=1S/C22H16O3.2C2H6/c1-14-6-8-15(9-7-14)21(24)20-18-4-2-3-5-19(18)25-22(20)16-10-12-17(23)13-11-16;2*1-2/h2-13,23H,1H3;2*1-2H3. The summed E-state index contributed by atoms with van der Waals surface area (Å²) < 4.78 is 5.99. The average Bonchev–Trinajstić information content (AvgIpc) is 3.16. The summed E-state index contributed by atoms with van der Waals surface area (Å²) in [7, 11) is 0. The Bertz CT molecular complexity index is 1060. The maximum absolute atomic E-state index is 13.2. The van der Waals surface area contributed by atoms with E-state index in [-0.39, 0.29) is 11.5 Å². The highest BCUT2D eigenvalue weighted by Gasteiger charge is 2.22. The molecule has 0 saturated carbocycles. The molecule has 0 atom stereocenters. The van der Waals surface area contributed by atoms with Crippen molar-refractivity contribution in [2.75, 3.05) is 0 Å². The number of aromatic hydroxyl groups is 1. The second-order valence-corrected chi connectivity index (χ2v) is 6.04. The van der Waals surface area contributed by atoms with Crippen molar-refractivity contribution >= 4 is 16.8 Å². The first-order valence-corrected chi connectivity index (χ1v) is 10.1. The molecule has 3 heteroatoms. The summed E-state index contributed by atoms with van der Waals surface area (Å²) >= 11 is 0. The lowest BCUT2D eigenvalue weighted by atomic mass is 9.97. The first-order valence-electron chi connectivity index (χ1n) is 10.1. The maximum atomic E-state index is 13.2. The van der Waals surface area contributed by atoms with E-state index in [2.05, 4.69) is 0 Å². The number of rotatable bonds is 3. The van der Waals surface area contributed by atoms with E-state index >= 15 is 0 Å². The van der Waals surface area contributed by atoms with E-state index in [0.717, 1.165) is 16.5 Å². The predicted molar refractivity (Wildman–Crippen MR) is 121 cm³/mol. The van der Waals surface area contributed by atoms with Gasteiger partial charge < -0.3 is 9.52 Å². The van der Waals surface area contributed by atoms with Crippen molar-refractivity contribution in [1.29, 1.82) is 0 Å². The van der Waals surface area contributed by atoms with E-state index in [1.807, 2.05) is 83.1 Å². The molecule has 0 spiro atoms. The van der Waals surface area contributed by atoms with Gasteiger partial charge in [0.05, 0.1) is 5.56 Å². The van der Waals surface area contributed by atoms with Gasteiger partial charge in [-0.15, -0.1) is 0 Å².